The highest BCUT2D eigenvalue weighted by Gasteiger charge is 2.17. The van der Waals surface area contributed by atoms with Gasteiger partial charge >= 0.3 is 0 Å². The molecular formula is C24H27N7O2S. The number of sulfonamides is 1. The number of hydrogen-bond acceptors (Lipinski definition) is 7. The standard InChI is InChI=1S/C24H27N7O2S/c1-4-5-10-22-21(23(26-16(2)25-22)29-34(3,32)33)15-17-11-13-18(14-12-17)19-8-6-7-9-20(19)24-27-30-31-28-24/h6-9,11-14H,4-5,10,15H2,1-3H3,(H,25,26,29)(H,27,28,30,31). The van der Waals surface area contributed by atoms with Gasteiger partial charge in [-0.25, -0.2) is 23.5 Å². The smallest absolute Gasteiger partial charge is 0.230 e. The third kappa shape index (κ3) is 5.63. The van der Waals surface area contributed by atoms with Crippen molar-refractivity contribution in [2.75, 3.05) is 11.0 Å². The minimum absolute atomic E-state index is 0.355. The summed E-state index contributed by atoms with van der Waals surface area (Å²) in [4.78, 5) is 9.04. The van der Waals surface area contributed by atoms with Gasteiger partial charge in [-0.3, -0.25) is 4.72 Å². The van der Waals surface area contributed by atoms with E-state index in [4.69, 9.17) is 0 Å². The Morgan fingerprint density at radius 3 is 2.38 bits per heavy atom. The van der Waals surface area contributed by atoms with E-state index >= 15 is 0 Å². The number of aryl methyl sites for hydroxylation is 2. The number of nitrogens with one attached hydrogen (secondary N) is 2. The summed E-state index contributed by atoms with van der Waals surface area (Å²) in [7, 11) is -3.47. The third-order valence-electron chi connectivity index (χ3n) is 5.43. The second kappa shape index (κ2) is 10.1. The molecule has 9 nitrogen and oxygen atoms in total. The van der Waals surface area contributed by atoms with Gasteiger partial charge < -0.3 is 0 Å². The highest BCUT2D eigenvalue weighted by molar-refractivity contribution is 7.92. The molecule has 0 saturated carbocycles. The predicted octanol–water partition coefficient (Wildman–Crippen LogP) is 3.94. The summed E-state index contributed by atoms with van der Waals surface area (Å²) in [5.74, 6) is 1.51. The minimum atomic E-state index is -3.47. The lowest BCUT2D eigenvalue weighted by atomic mass is 9.96. The molecule has 0 saturated heterocycles. The van der Waals surface area contributed by atoms with Gasteiger partial charge in [0.25, 0.3) is 0 Å². The second-order valence-electron chi connectivity index (χ2n) is 8.19. The maximum absolute atomic E-state index is 12.0. The number of aromatic amines is 1. The average molecular weight is 478 g/mol. The number of aromatic nitrogens is 6. The average Bonchev–Trinajstić information content (AvgIpc) is 3.34. The predicted molar refractivity (Wildman–Crippen MR) is 132 cm³/mol. The van der Waals surface area contributed by atoms with Gasteiger partial charge in [-0.15, -0.1) is 5.10 Å². The van der Waals surface area contributed by atoms with Gasteiger partial charge in [-0.1, -0.05) is 61.9 Å². The fraction of sp³-hybridized carbons (Fsp3) is 0.292. The van der Waals surface area contributed by atoms with Crippen molar-refractivity contribution in [3.05, 3.63) is 71.2 Å². The Hall–Kier alpha value is -3.66. The van der Waals surface area contributed by atoms with Crippen LogP contribution in [0, 0.1) is 6.92 Å². The van der Waals surface area contributed by atoms with E-state index in [1.807, 2.05) is 48.5 Å². The largest absolute Gasteiger partial charge is 0.267 e. The molecule has 0 fully saturated rings. The molecule has 2 aromatic heterocycles. The van der Waals surface area contributed by atoms with Crippen LogP contribution in [-0.4, -0.2) is 45.3 Å². The third-order valence-corrected chi connectivity index (χ3v) is 5.99. The summed E-state index contributed by atoms with van der Waals surface area (Å²) < 4.78 is 26.6. The van der Waals surface area contributed by atoms with Gasteiger partial charge in [0.15, 0.2) is 5.82 Å². The van der Waals surface area contributed by atoms with Crippen LogP contribution in [0.2, 0.25) is 0 Å². The molecule has 0 unspecified atom stereocenters. The zero-order chi connectivity index (χ0) is 24.1. The lowest BCUT2D eigenvalue weighted by molar-refractivity contribution is 0.606. The second-order valence-corrected chi connectivity index (χ2v) is 9.94. The quantitative estimate of drug-likeness (QED) is 0.374. The summed E-state index contributed by atoms with van der Waals surface area (Å²) in [6.45, 7) is 3.90. The van der Waals surface area contributed by atoms with Crippen LogP contribution in [0.25, 0.3) is 22.5 Å². The molecule has 176 valence electrons. The van der Waals surface area contributed by atoms with Crippen molar-refractivity contribution in [1.29, 1.82) is 0 Å². The molecule has 0 bridgehead atoms. The van der Waals surface area contributed by atoms with Crippen molar-refractivity contribution in [1.82, 2.24) is 30.6 Å². The fourth-order valence-electron chi connectivity index (χ4n) is 3.87. The van der Waals surface area contributed by atoms with Crippen molar-refractivity contribution in [3.63, 3.8) is 0 Å². The zero-order valence-electron chi connectivity index (χ0n) is 19.4. The zero-order valence-corrected chi connectivity index (χ0v) is 20.2. The molecule has 0 spiro atoms. The van der Waals surface area contributed by atoms with Crippen molar-refractivity contribution in [3.8, 4) is 22.5 Å². The van der Waals surface area contributed by atoms with Gasteiger partial charge in [0.05, 0.1) is 6.26 Å². The molecule has 4 aromatic rings. The first-order valence-electron chi connectivity index (χ1n) is 11.1. The van der Waals surface area contributed by atoms with E-state index in [1.54, 1.807) is 6.92 Å². The van der Waals surface area contributed by atoms with Crippen molar-refractivity contribution in [2.24, 2.45) is 0 Å². The minimum Gasteiger partial charge on any atom is -0.267 e. The number of benzene rings is 2. The SMILES string of the molecule is CCCCc1nc(C)nc(NS(C)(=O)=O)c1Cc1ccc(-c2ccccc2-c2nnn[nH]2)cc1. The lowest BCUT2D eigenvalue weighted by Gasteiger charge is -2.15. The molecule has 0 aliphatic heterocycles. The number of unbranched alkanes of at least 4 members (excludes halogenated alkanes) is 1. The Morgan fingerprint density at radius 1 is 1.00 bits per heavy atom. The van der Waals surface area contributed by atoms with E-state index in [0.717, 1.165) is 59.0 Å². The Balaban J connectivity index is 1.68. The fourth-order valence-corrected chi connectivity index (χ4v) is 4.39. The van der Waals surface area contributed by atoms with E-state index in [0.29, 0.717) is 23.9 Å². The maximum Gasteiger partial charge on any atom is 0.230 e. The van der Waals surface area contributed by atoms with Gasteiger partial charge in [0.1, 0.15) is 11.6 Å². The Bertz CT molecular complexity index is 1370. The molecule has 2 aromatic carbocycles. The topological polar surface area (TPSA) is 126 Å². The monoisotopic (exact) mass is 477 g/mol. The number of nitrogens with zero attached hydrogens (tertiary/aromatic N) is 5. The summed E-state index contributed by atoms with van der Waals surface area (Å²) in [5.41, 5.74) is 5.67. The van der Waals surface area contributed by atoms with E-state index in [-0.39, 0.29) is 0 Å². The number of H-pyrrole nitrogens is 1. The van der Waals surface area contributed by atoms with Gasteiger partial charge in [-0.2, -0.15) is 0 Å². The van der Waals surface area contributed by atoms with Crippen LogP contribution in [0.4, 0.5) is 5.82 Å². The normalized spacial score (nSPS) is 11.5. The van der Waals surface area contributed by atoms with Crippen LogP contribution in [-0.2, 0) is 22.9 Å². The number of hydrogen-bond donors (Lipinski definition) is 2. The van der Waals surface area contributed by atoms with E-state index in [1.165, 1.54) is 0 Å². The van der Waals surface area contributed by atoms with Crippen molar-refractivity contribution < 1.29 is 8.42 Å². The van der Waals surface area contributed by atoms with Crippen LogP contribution in [0.5, 0.6) is 0 Å². The first-order valence-corrected chi connectivity index (χ1v) is 13.0. The maximum atomic E-state index is 12.0. The van der Waals surface area contributed by atoms with Crippen LogP contribution in [0.15, 0.2) is 48.5 Å². The number of anilines is 1. The summed E-state index contributed by atoms with van der Waals surface area (Å²) in [6.07, 6.45) is 4.41. The molecule has 2 N–H and O–H groups in total. The molecule has 2 heterocycles. The molecular weight excluding hydrogens is 450 g/mol. The first kappa shape index (κ1) is 23.5. The van der Waals surface area contributed by atoms with Gasteiger partial charge in [0.2, 0.25) is 10.0 Å². The van der Waals surface area contributed by atoms with Crippen molar-refractivity contribution >= 4 is 15.8 Å². The van der Waals surface area contributed by atoms with Gasteiger partial charge in [0, 0.05) is 23.2 Å². The van der Waals surface area contributed by atoms with E-state index < -0.39 is 10.0 Å². The van der Waals surface area contributed by atoms with Crippen LogP contribution in [0.1, 0.15) is 42.4 Å². The molecule has 0 aliphatic rings. The summed E-state index contributed by atoms with van der Waals surface area (Å²) in [6, 6.07) is 16.1. The Labute approximate surface area is 199 Å². The summed E-state index contributed by atoms with van der Waals surface area (Å²) >= 11 is 0. The molecule has 10 heteroatoms. The highest BCUT2D eigenvalue weighted by atomic mass is 32.2. The van der Waals surface area contributed by atoms with Crippen LogP contribution >= 0.6 is 0 Å². The van der Waals surface area contributed by atoms with E-state index in [9.17, 15) is 8.42 Å². The molecule has 0 amide bonds. The Kier molecular flexibility index (Phi) is 6.97. The number of rotatable bonds is 9. The van der Waals surface area contributed by atoms with Crippen molar-refractivity contribution in [2.45, 2.75) is 39.5 Å². The lowest BCUT2D eigenvalue weighted by Crippen LogP contribution is -2.16. The van der Waals surface area contributed by atoms with Crippen LogP contribution < -0.4 is 4.72 Å². The highest BCUT2D eigenvalue weighted by Crippen LogP contribution is 2.30. The molecule has 34 heavy (non-hydrogen) atoms. The van der Waals surface area contributed by atoms with Gasteiger partial charge in [-0.05, 0) is 46.9 Å². The molecule has 4 rings (SSSR count). The van der Waals surface area contributed by atoms with E-state index in [2.05, 4.69) is 42.2 Å². The first-order chi connectivity index (χ1) is 16.3. The molecule has 0 radical (unpaired) electrons. The number of tetrazole rings is 1. The summed E-state index contributed by atoms with van der Waals surface area (Å²) in [5, 5.41) is 14.2. The Morgan fingerprint density at radius 2 is 1.74 bits per heavy atom. The molecule has 0 aliphatic carbocycles. The van der Waals surface area contributed by atoms with Crippen LogP contribution in [0.3, 0.4) is 0 Å². The molecule has 0 atom stereocenters.